The van der Waals surface area contributed by atoms with Crippen LogP contribution in [-0.2, 0) is 14.4 Å². The van der Waals surface area contributed by atoms with Crippen molar-refractivity contribution in [1.82, 2.24) is 5.32 Å². The molecular weight excluding hydrogens is 248 g/mol. The lowest BCUT2D eigenvalue weighted by Gasteiger charge is -2.23. The number of aliphatic carboxylic acids is 1. The lowest BCUT2D eigenvalue weighted by atomic mass is 9.91. The van der Waals surface area contributed by atoms with E-state index in [0.29, 0.717) is 12.8 Å². The molecule has 3 atom stereocenters. The lowest BCUT2D eigenvalue weighted by Crippen LogP contribution is -2.45. The molecule has 0 aromatic carbocycles. The zero-order chi connectivity index (χ0) is 14.8. The number of amides is 2. The van der Waals surface area contributed by atoms with Gasteiger partial charge in [0.25, 0.3) is 0 Å². The first-order chi connectivity index (χ1) is 8.65. The van der Waals surface area contributed by atoms with Gasteiger partial charge in [-0.3, -0.25) is 14.4 Å². The van der Waals surface area contributed by atoms with Crippen molar-refractivity contribution in [1.29, 1.82) is 0 Å². The highest BCUT2D eigenvalue weighted by molar-refractivity contribution is 5.86. The number of carboxylic acids is 1. The van der Waals surface area contributed by atoms with Crippen molar-refractivity contribution in [3.63, 3.8) is 0 Å². The van der Waals surface area contributed by atoms with Gasteiger partial charge in [-0.2, -0.15) is 0 Å². The van der Waals surface area contributed by atoms with E-state index in [-0.39, 0.29) is 18.4 Å². The Morgan fingerprint density at radius 3 is 2.26 bits per heavy atom. The molecule has 0 bridgehead atoms. The Hall–Kier alpha value is -1.59. The number of carbonyl (C=O) groups excluding carboxylic acids is 2. The van der Waals surface area contributed by atoms with E-state index in [9.17, 15) is 14.4 Å². The van der Waals surface area contributed by atoms with Crippen molar-refractivity contribution in [2.24, 2.45) is 28.9 Å². The fraction of sp³-hybridized carbons (Fsp3) is 0.769. The molecule has 6 heteroatoms. The van der Waals surface area contributed by atoms with Gasteiger partial charge in [0, 0.05) is 6.54 Å². The zero-order valence-electron chi connectivity index (χ0n) is 11.6. The third kappa shape index (κ3) is 3.68. The van der Waals surface area contributed by atoms with E-state index in [1.54, 1.807) is 13.8 Å². The van der Waals surface area contributed by atoms with Crippen LogP contribution in [0.5, 0.6) is 0 Å². The number of hydrogen-bond donors (Lipinski definition) is 3. The van der Waals surface area contributed by atoms with Gasteiger partial charge in [0.1, 0.15) is 0 Å². The van der Waals surface area contributed by atoms with Crippen LogP contribution in [0.15, 0.2) is 0 Å². The number of rotatable bonds is 5. The van der Waals surface area contributed by atoms with Crippen molar-refractivity contribution < 1.29 is 19.5 Å². The van der Waals surface area contributed by atoms with Crippen LogP contribution in [0.4, 0.5) is 0 Å². The summed E-state index contributed by atoms with van der Waals surface area (Å²) in [7, 11) is 0. The quantitative estimate of drug-likeness (QED) is 0.670. The molecule has 108 valence electrons. The third-order valence-electron chi connectivity index (χ3n) is 3.82. The maximum Gasteiger partial charge on any atom is 0.307 e. The molecule has 1 fully saturated rings. The Morgan fingerprint density at radius 1 is 1.26 bits per heavy atom. The minimum absolute atomic E-state index is 0.123. The normalized spacial score (nSPS) is 27.0. The number of nitrogens with one attached hydrogen (secondary N) is 1. The molecule has 0 aromatic heterocycles. The summed E-state index contributed by atoms with van der Waals surface area (Å²) in [6.07, 6.45) is 1.09. The summed E-state index contributed by atoms with van der Waals surface area (Å²) in [5.41, 5.74) is 4.39. The SMILES string of the molecule is CC1C[C@H](C(=O)NCC(C)(C)C(N)=O)[C@H](C(=O)O)C1. The molecule has 6 nitrogen and oxygen atoms in total. The molecule has 19 heavy (non-hydrogen) atoms. The molecule has 4 N–H and O–H groups in total. The summed E-state index contributed by atoms with van der Waals surface area (Å²) in [5, 5.41) is 11.8. The van der Waals surface area contributed by atoms with Gasteiger partial charge in [0.05, 0.1) is 17.3 Å². The first-order valence-corrected chi connectivity index (χ1v) is 6.45. The van der Waals surface area contributed by atoms with Crippen molar-refractivity contribution in [2.45, 2.75) is 33.6 Å². The van der Waals surface area contributed by atoms with Crippen molar-refractivity contribution >= 4 is 17.8 Å². The second-order valence-corrected chi connectivity index (χ2v) is 6.09. The monoisotopic (exact) mass is 270 g/mol. The molecule has 1 saturated carbocycles. The first-order valence-electron chi connectivity index (χ1n) is 6.45. The van der Waals surface area contributed by atoms with Crippen LogP contribution in [0.1, 0.15) is 33.6 Å². The molecule has 0 saturated heterocycles. The topological polar surface area (TPSA) is 109 Å². The Morgan fingerprint density at radius 2 is 1.79 bits per heavy atom. The van der Waals surface area contributed by atoms with Gasteiger partial charge < -0.3 is 16.2 Å². The van der Waals surface area contributed by atoms with Gasteiger partial charge in [-0.05, 0) is 32.6 Å². The third-order valence-corrected chi connectivity index (χ3v) is 3.82. The van der Waals surface area contributed by atoms with Crippen molar-refractivity contribution in [2.75, 3.05) is 6.54 Å². The average Bonchev–Trinajstić information content (AvgIpc) is 2.68. The largest absolute Gasteiger partial charge is 0.481 e. The smallest absolute Gasteiger partial charge is 0.307 e. The summed E-state index contributed by atoms with van der Waals surface area (Å²) in [6.45, 7) is 5.35. The molecule has 1 aliphatic rings. The highest BCUT2D eigenvalue weighted by atomic mass is 16.4. The van der Waals surface area contributed by atoms with E-state index >= 15 is 0 Å². The zero-order valence-corrected chi connectivity index (χ0v) is 11.6. The number of primary amides is 1. The van der Waals surface area contributed by atoms with Gasteiger partial charge in [-0.1, -0.05) is 6.92 Å². The molecule has 1 rings (SSSR count). The predicted molar refractivity (Wildman–Crippen MR) is 69.0 cm³/mol. The Balaban J connectivity index is 2.63. The predicted octanol–water partition coefficient (Wildman–Crippen LogP) is 0.361. The van der Waals surface area contributed by atoms with Gasteiger partial charge in [-0.25, -0.2) is 0 Å². The second-order valence-electron chi connectivity index (χ2n) is 6.09. The Bertz CT molecular complexity index is 392. The fourth-order valence-corrected chi connectivity index (χ4v) is 2.38. The Kier molecular flexibility index (Phi) is 4.55. The van der Waals surface area contributed by atoms with E-state index in [0.717, 1.165) is 0 Å². The molecule has 0 aliphatic heterocycles. The molecule has 1 aliphatic carbocycles. The molecular formula is C13H22N2O4. The molecule has 0 spiro atoms. The Labute approximate surface area is 112 Å². The van der Waals surface area contributed by atoms with Crippen LogP contribution < -0.4 is 11.1 Å². The van der Waals surface area contributed by atoms with Crippen LogP contribution in [0.3, 0.4) is 0 Å². The van der Waals surface area contributed by atoms with E-state index in [1.807, 2.05) is 6.92 Å². The molecule has 0 heterocycles. The molecule has 1 unspecified atom stereocenters. The molecule has 0 aromatic rings. The first kappa shape index (κ1) is 15.5. The summed E-state index contributed by atoms with van der Waals surface area (Å²) in [5.74, 6) is -2.66. The van der Waals surface area contributed by atoms with Gasteiger partial charge in [-0.15, -0.1) is 0 Å². The number of carboxylic acid groups (broad SMARTS) is 1. The van der Waals surface area contributed by atoms with Gasteiger partial charge in [0.15, 0.2) is 0 Å². The maximum atomic E-state index is 12.0. The standard InChI is InChI=1S/C13H22N2O4/c1-7-4-8(9(5-7)11(17)18)10(16)15-6-13(2,3)12(14)19/h7-9H,4-6H2,1-3H3,(H2,14,19)(H,15,16)(H,17,18)/t7?,8-,9+/m0/s1. The summed E-state index contributed by atoms with van der Waals surface area (Å²) < 4.78 is 0. The summed E-state index contributed by atoms with van der Waals surface area (Å²) in [4.78, 5) is 34.3. The molecule has 0 radical (unpaired) electrons. The minimum atomic E-state index is -0.932. The lowest BCUT2D eigenvalue weighted by molar-refractivity contribution is -0.146. The van der Waals surface area contributed by atoms with Crippen LogP contribution >= 0.6 is 0 Å². The van der Waals surface area contributed by atoms with Crippen molar-refractivity contribution in [3.05, 3.63) is 0 Å². The maximum absolute atomic E-state index is 12.0. The molecule has 2 amide bonds. The van der Waals surface area contributed by atoms with Crippen LogP contribution in [0.2, 0.25) is 0 Å². The fourth-order valence-electron chi connectivity index (χ4n) is 2.38. The van der Waals surface area contributed by atoms with Gasteiger partial charge >= 0.3 is 5.97 Å². The number of nitrogens with two attached hydrogens (primary N) is 1. The summed E-state index contributed by atoms with van der Waals surface area (Å²) in [6, 6.07) is 0. The van der Waals surface area contributed by atoms with Crippen LogP contribution in [-0.4, -0.2) is 29.4 Å². The second kappa shape index (κ2) is 5.59. The van der Waals surface area contributed by atoms with Crippen LogP contribution in [0.25, 0.3) is 0 Å². The minimum Gasteiger partial charge on any atom is -0.481 e. The highest BCUT2D eigenvalue weighted by Crippen LogP contribution is 2.36. The van der Waals surface area contributed by atoms with E-state index in [4.69, 9.17) is 10.8 Å². The summed E-state index contributed by atoms with van der Waals surface area (Å²) >= 11 is 0. The number of hydrogen-bond acceptors (Lipinski definition) is 3. The van der Waals surface area contributed by atoms with Crippen LogP contribution in [0, 0.1) is 23.2 Å². The van der Waals surface area contributed by atoms with Crippen molar-refractivity contribution in [3.8, 4) is 0 Å². The van der Waals surface area contributed by atoms with E-state index in [2.05, 4.69) is 5.32 Å². The van der Waals surface area contributed by atoms with E-state index in [1.165, 1.54) is 0 Å². The van der Waals surface area contributed by atoms with Gasteiger partial charge in [0.2, 0.25) is 11.8 Å². The average molecular weight is 270 g/mol. The highest BCUT2D eigenvalue weighted by Gasteiger charge is 2.41. The number of carbonyl (C=O) groups is 3. The van der Waals surface area contributed by atoms with E-state index < -0.39 is 29.1 Å².